The van der Waals surface area contributed by atoms with E-state index in [1.165, 1.54) is 0 Å². The molecule has 0 saturated carbocycles. The van der Waals surface area contributed by atoms with Crippen LogP contribution in [-0.2, 0) is 20.1 Å². The summed E-state index contributed by atoms with van der Waals surface area (Å²) < 4.78 is 18.0. The van der Waals surface area contributed by atoms with E-state index in [1.54, 1.807) is 12.4 Å². The van der Waals surface area contributed by atoms with Crippen LogP contribution in [0.3, 0.4) is 0 Å². The van der Waals surface area contributed by atoms with Crippen molar-refractivity contribution < 1.29 is 4.39 Å². The van der Waals surface area contributed by atoms with Crippen LogP contribution in [0.5, 0.6) is 0 Å². The summed E-state index contributed by atoms with van der Waals surface area (Å²) in [4.78, 5) is 13.0. The van der Waals surface area contributed by atoms with Gasteiger partial charge in [0.2, 0.25) is 0 Å². The molecule has 2 aromatic heterocycles. The number of imidazole rings is 2. The molecule has 132 valence electrons. The molecule has 2 aromatic rings. The molecule has 0 bridgehead atoms. The number of nitrogens with zero attached hydrogens (tertiary/aromatic N) is 6. The van der Waals surface area contributed by atoms with Gasteiger partial charge < -0.3 is 14.0 Å². The van der Waals surface area contributed by atoms with Gasteiger partial charge in [0.1, 0.15) is 12.0 Å². The zero-order valence-electron chi connectivity index (χ0n) is 14.6. The van der Waals surface area contributed by atoms with Crippen molar-refractivity contribution in [2.24, 2.45) is 7.05 Å². The van der Waals surface area contributed by atoms with E-state index in [2.05, 4.69) is 31.4 Å². The largest absolute Gasteiger partial charge is 0.337 e. The monoisotopic (exact) mass is 334 g/mol. The normalized spacial score (nSPS) is 21.8. The molecule has 0 aliphatic carbocycles. The molecule has 0 amide bonds. The Kier molecular flexibility index (Phi) is 5.63. The van der Waals surface area contributed by atoms with E-state index >= 15 is 0 Å². The quantitative estimate of drug-likeness (QED) is 0.735. The van der Waals surface area contributed by atoms with Gasteiger partial charge in [-0.25, -0.2) is 14.4 Å². The van der Waals surface area contributed by atoms with Crippen LogP contribution in [0.25, 0.3) is 0 Å². The molecule has 7 heteroatoms. The number of likely N-dealkylation sites (tertiary alicyclic amines) is 1. The third-order valence-electron chi connectivity index (χ3n) is 4.78. The molecule has 3 heterocycles. The van der Waals surface area contributed by atoms with Gasteiger partial charge in [0.15, 0.2) is 0 Å². The summed E-state index contributed by atoms with van der Waals surface area (Å²) in [6, 6.07) is 0.259. The van der Waals surface area contributed by atoms with E-state index < -0.39 is 6.17 Å². The Morgan fingerprint density at radius 3 is 2.92 bits per heavy atom. The fourth-order valence-corrected chi connectivity index (χ4v) is 3.43. The van der Waals surface area contributed by atoms with Crippen molar-refractivity contribution in [3.8, 4) is 0 Å². The van der Waals surface area contributed by atoms with Crippen LogP contribution in [0.1, 0.15) is 18.7 Å². The lowest BCUT2D eigenvalue weighted by Crippen LogP contribution is -2.39. The summed E-state index contributed by atoms with van der Waals surface area (Å²) in [5.74, 6) is 0.997. The average molecular weight is 334 g/mol. The second kappa shape index (κ2) is 7.90. The van der Waals surface area contributed by atoms with E-state index in [4.69, 9.17) is 0 Å². The van der Waals surface area contributed by atoms with Crippen molar-refractivity contribution in [1.82, 2.24) is 28.9 Å². The highest BCUT2D eigenvalue weighted by Gasteiger charge is 2.33. The van der Waals surface area contributed by atoms with Gasteiger partial charge in [0.05, 0.1) is 12.9 Å². The number of hydrogen-bond acceptors (Lipinski definition) is 4. The number of alkyl halides is 1. The smallest absolute Gasteiger partial charge is 0.122 e. The van der Waals surface area contributed by atoms with Gasteiger partial charge in [0, 0.05) is 57.5 Å². The minimum absolute atomic E-state index is 0.259. The van der Waals surface area contributed by atoms with E-state index in [9.17, 15) is 4.39 Å². The van der Waals surface area contributed by atoms with Crippen LogP contribution < -0.4 is 0 Å². The number of rotatable bonds is 8. The van der Waals surface area contributed by atoms with Crippen molar-refractivity contribution in [3.05, 3.63) is 36.9 Å². The Labute approximate surface area is 142 Å². The fraction of sp³-hybridized carbons (Fsp3) is 0.647. The van der Waals surface area contributed by atoms with Gasteiger partial charge in [-0.2, -0.15) is 0 Å². The molecule has 6 nitrogen and oxygen atoms in total. The molecule has 0 N–H and O–H groups in total. The van der Waals surface area contributed by atoms with E-state index in [1.807, 2.05) is 30.3 Å². The third kappa shape index (κ3) is 4.42. The SMILES string of the molecule is CN(CCCn1ccnc1)C[C@@H]1C[C@H](F)CN1Cc1nccn1C. The molecule has 3 rings (SSSR count). The molecule has 0 unspecified atom stereocenters. The van der Waals surface area contributed by atoms with Crippen LogP contribution in [-0.4, -0.2) is 67.8 Å². The Hall–Kier alpha value is -1.73. The molecule has 1 fully saturated rings. The van der Waals surface area contributed by atoms with Crippen LogP contribution in [0.4, 0.5) is 4.39 Å². The second-order valence-electron chi connectivity index (χ2n) is 6.79. The van der Waals surface area contributed by atoms with Gasteiger partial charge >= 0.3 is 0 Å². The maximum absolute atomic E-state index is 13.9. The Balaban J connectivity index is 1.47. The van der Waals surface area contributed by atoms with Crippen LogP contribution in [0, 0.1) is 0 Å². The first-order valence-corrected chi connectivity index (χ1v) is 8.60. The number of likely N-dealkylation sites (N-methyl/N-ethyl adjacent to an activating group) is 1. The second-order valence-corrected chi connectivity index (χ2v) is 6.79. The summed E-state index contributed by atoms with van der Waals surface area (Å²) in [7, 11) is 4.11. The van der Waals surface area contributed by atoms with E-state index in [0.717, 1.165) is 38.4 Å². The van der Waals surface area contributed by atoms with Gasteiger partial charge in [-0.05, 0) is 26.4 Å². The Morgan fingerprint density at radius 2 is 2.21 bits per heavy atom. The Bertz CT molecular complexity index is 610. The molecular weight excluding hydrogens is 307 g/mol. The number of aromatic nitrogens is 4. The molecule has 1 aliphatic heterocycles. The maximum Gasteiger partial charge on any atom is 0.122 e. The summed E-state index contributed by atoms with van der Waals surface area (Å²) in [5, 5.41) is 0. The number of halogens is 1. The Morgan fingerprint density at radius 1 is 1.33 bits per heavy atom. The fourth-order valence-electron chi connectivity index (χ4n) is 3.43. The van der Waals surface area contributed by atoms with Crippen molar-refractivity contribution in [2.75, 3.05) is 26.7 Å². The predicted octanol–water partition coefficient (Wildman–Crippen LogP) is 1.55. The number of hydrogen-bond donors (Lipinski definition) is 0. The molecule has 24 heavy (non-hydrogen) atoms. The molecule has 0 spiro atoms. The van der Waals surface area contributed by atoms with Gasteiger partial charge in [-0.1, -0.05) is 0 Å². The first-order valence-electron chi connectivity index (χ1n) is 8.60. The minimum Gasteiger partial charge on any atom is -0.337 e. The first-order chi connectivity index (χ1) is 11.6. The zero-order chi connectivity index (χ0) is 16.9. The highest BCUT2D eigenvalue weighted by Crippen LogP contribution is 2.23. The summed E-state index contributed by atoms with van der Waals surface area (Å²) >= 11 is 0. The van der Waals surface area contributed by atoms with Gasteiger partial charge in [-0.15, -0.1) is 0 Å². The predicted molar refractivity (Wildman–Crippen MR) is 91.3 cm³/mol. The van der Waals surface area contributed by atoms with Crippen molar-refractivity contribution >= 4 is 0 Å². The zero-order valence-corrected chi connectivity index (χ0v) is 14.6. The first kappa shape index (κ1) is 17.1. The maximum atomic E-state index is 13.9. The lowest BCUT2D eigenvalue weighted by atomic mass is 10.2. The molecule has 2 atom stereocenters. The molecule has 0 aromatic carbocycles. The molecule has 0 radical (unpaired) electrons. The number of aryl methyl sites for hydroxylation is 2. The molecular formula is C17H27FN6. The van der Waals surface area contributed by atoms with Crippen molar-refractivity contribution in [1.29, 1.82) is 0 Å². The lowest BCUT2D eigenvalue weighted by molar-refractivity contribution is 0.177. The van der Waals surface area contributed by atoms with Gasteiger partial charge in [0.25, 0.3) is 0 Å². The van der Waals surface area contributed by atoms with E-state index in [-0.39, 0.29) is 6.04 Å². The minimum atomic E-state index is -0.727. The van der Waals surface area contributed by atoms with E-state index in [0.29, 0.717) is 13.0 Å². The highest BCUT2D eigenvalue weighted by molar-refractivity contribution is 4.95. The van der Waals surface area contributed by atoms with Gasteiger partial charge in [-0.3, -0.25) is 4.90 Å². The standard InChI is InChI=1S/C17H27FN6/c1-21(6-3-7-23-9-4-19-14-23)12-16-10-15(18)11-24(16)13-17-20-5-8-22(17)2/h4-5,8-9,14-16H,3,6-7,10-13H2,1-2H3/t15-,16-/m0/s1. The van der Waals surface area contributed by atoms with Crippen molar-refractivity contribution in [3.63, 3.8) is 0 Å². The summed E-state index contributed by atoms with van der Waals surface area (Å²) in [5.41, 5.74) is 0. The third-order valence-corrected chi connectivity index (χ3v) is 4.78. The van der Waals surface area contributed by atoms with Crippen molar-refractivity contribution in [2.45, 2.75) is 38.1 Å². The van der Waals surface area contributed by atoms with Crippen LogP contribution in [0.15, 0.2) is 31.1 Å². The molecule has 1 saturated heterocycles. The summed E-state index contributed by atoms with van der Waals surface area (Å²) in [6.07, 6.45) is 10.3. The summed E-state index contributed by atoms with van der Waals surface area (Å²) in [6.45, 7) is 4.10. The lowest BCUT2D eigenvalue weighted by Gasteiger charge is -2.28. The van der Waals surface area contributed by atoms with Crippen LogP contribution in [0.2, 0.25) is 0 Å². The average Bonchev–Trinajstić information content (AvgIpc) is 3.24. The van der Waals surface area contributed by atoms with Crippen LogP contribution >= 0.6 is 0 Å². The topological polar surface area (TPSA) is 42.1 Å². The molecule has 1 aliphatic rings. The highest BCUT2D eigenvalue weighted by atomic mass is 19.1.